The summed E-state index contributed by atoms with van der Waals surface area (Å²) in [7, 11) is 0. The first-order chi connectivity index (χ1) is 9.72. The molecule has 0 fully saturated rings. The van der Waals surface area contributed by atoms with E-state index in [1.165, 1.54) is 0 Å². The summed E-state index contributed by atoms with van der Waals surface area (Å²) in [5, 5.41) is 11.8. The van der Waals surface area contributed by atoms with Crippen LogP contribution in [0.25, 0.3) is 0 Å². The zero-order valence-corrected chi connectivity index (χ0v) is 12.0. The van der Waals surface area contributed by atoms with Crippen molar-refractivity contribution in [1.29, 1.82) is 0 Å². The average Bonchev–Trinajstić information content (AvgIpc) is 2.47. The van der Waals surface area contributed by atoms with Crippen LogP contribution >= 0.6 is 0 Å². The van der Waals surface area contributed by atoms with Crippen LogP contribution in [0.5, 0.6) is 5.75 Å². The molecule has 0 saturated carbocycles. The number of oxime groups is 1. The third-order valence-electron chi connectivity index (χ3n) is 2.65. The topological polar surface area (TPSA) is 68.1 Å². The van der Waals surface area contributed by atoms with Crippen LogP contribution in [0.15, 0.2) is 29.4 Å². The van der Waals surface area contributed by atoms with E-state index in [-0.39, 0.29) is 5.90 Å². The molecule has 5 heteroatoms. The lowest BCUT2D eigenvalue weighted by Crippen LogP contribution is -2.14. The third kappa shape index (κ3) is 4.91. The van der Waals surface area contributed by atoms with Gasteiger partial charge in [-0.05, 0) is 25.0 Å². The molecule has 5 nitrogen and oxygen atoms in total. The number of carbonyl (C=O) groups is 1. The molecule has 0 atom stereocenters. The fraction of sp³-hybridized carbons (Fsp3) is 0.467. The van der Waals surface area contributed by atoms with Crippen LogP contribution in [0, 0.1) is 0 Å². The average molecular weight is 279 g/mol. The van der Waals surface area contributed by atoms with Gasteiger partial charge in [0.15, 0.2) is 0 Å². The van der Waals surface area contributed by atoms with Crippen molar-refractivity contribution in [3.8, 4) is 5.75 Å². The van der Waals surface area contributed by atoms with Gasteiger partial charge in [-0.3, -0.25) is 0 Å². The number of esters is 1. The Labute approximate surface area is 119 Å². The quantitative estimate of drug-likeness (QED) is 0.207. The normalized spacial score (nSPS) is 11.2. The number of nitrogens with zero attached hydrogens (tertiary/aromatic N) is 1. The lowest BCUT2D eigenvalue weighted by molar-refractivity contribution is 0.0696. The van der Waals surface area contributed by atoms with E-state index < -0.39 is 5.97 Å². The highest BCUT2D eigenvalue weighted by molar-refractivity contribution is 6.00. The van der Waals surface area contributed by atoms with Crippen LogP contribution in [-0.2, 0) is 4.74 Å². The first-order valence-corrected chi connectivity index (χ1v) is 6.87. The van der Waals surface area contributed by atoms with Gasteiger partial charge < -0.3 is 14.7 Å². The monoisotopic (exact) mass is 279 g/mol. The summed E-state index contributed by atoms with van der Waals surface area (Å²) < 4.78 is 10.6. The second kappa shape index (κ2) is 8.96. The Hall–Kier alpha value is -2.04. The van der Waals surface area contributed by atoms with Gasteiger partial charge in [0.2, 0.25) is 5.90 Å². The van der Waals surface area contributed by atoms with Crippen LogP contribution < -0.4 is 4.74 Å². The molecule has 0 aromatic heterocycles. The zero-order chi connectivity index (χ0) is 14.8. The van der Waals surface area contributed by atoms with Crippen molar-refractivity contribution >= 4 is 11.9 Å². The third-order valence-corrected chi connectivity index (χ3v) is 2.65. The summed E-state index contributed by atoms with van der Waals surface area (Å²) in [5.41, 5.74) is 0.334. The molecule has 0 aliphatic rings. The van der Waals surface area contributed by atoms with Crippen LogP contribution in [0.4, 0.5) is 0 Å². The minimum absolute atomic E-state index is 0.0147. The van der Waals surface area contributed by atoms with Crippen molar-refractivity contribution < 1.29 is 19.5 Å². The highest BCUT2D eigenvalue weighted by Crippen LogP contribution is 2.19. The number of unbranched alkanes of at least 4 members (excludes halogenated alkanes) is 1. The molecular formula is C15H21NO4. The minimum atomic E-state index is -0.571. The molecule has 1 rings (SSSR count). The molecule has 1 N–H and O–H groups in total. The van der Waals surface area contributed by atoms with Gasteiger partial charge in [-0.1, -0.05) is 37.6 Å². The summed E-state index contributed by atoms with van der Waals surface area (Å²) in [6.07, 6.45) is 3.06. The fourth-order valence-electron chi connectivity index (χ4n) is 1.58. The van der Waals surface area contributed by atoms with E-state index in [1.54, 1.807) is 24.3 Å². The van der Waals surface area contributed by atoms with Crippen LogP contribution in [0.1, 0.15) is 49.9 Å². The second-order valence-electron chi connectivity index (χ2n) is 4.33. The summed E-state index contributed by atoms with van der Waals surface area (Å²) in [6.45, 7) is 4.52. The van der Waals surface area contributed by atoms with Crippen LogP contribution in [0.2, 0.25) is 0 Å². The summed E-state index contributed by atoms with van der Waals surface area (Å²) in [6, 6.07) is 6.89. The first kappa shape index (κ1) is 16.0. The van der Waals surface area contributed by atoms with Crippen LogP contribution in [0.3, 0.4) is 0 Å². The molecule has 0 unspecified atom stereocenters. The summed E-state index contributed by atoms with van der Waals surface area (Å²) in [5.74, 6) is -0.0704. The van der Waals surface area contributed by atoms with Crippen molar-refractivity contribution in [3.05, 3.63) is 29.8 Å². The van der Waals surface area contributed by atoms with Gasteiger partial charge in [0.25, 0.3) is 0 Å². The van der Waals surface area contributed by atoms with E-state index in [0.717, 1.165) is 19.3 Å². The number of carbonyl (C=O) groups excluding carboxylic acids is 1. The predicted molar refractivity (Wildman–Crippen MR) is 76.4 cm³/mol. The van der Waals surface area contributed by atoms with E-state index in [2.05, 4.69) is 12.1 Å². The van der Waals surface area contributed by atoms with Crippen molar-refractivity contribution in [2.45, 2.75) is 39.5 Å². The number of hydrogen-bond donors (Lipinski definition) is 1. The molecule has 0 saturated heterocycles. The predicted octanol–water partition coefficient (Wildman–Crippen LogP) is 3.61. The van der Waals surface area contributed by atoms with Crippen molar-refractivity contribution in [3.63, 3.8) is 0 Å². The molecular weight excluding hydrogens is 258 g/mol. The Morgan fingerprint density at radius 3 is 2.65 bits per heavy atom. The minimum Gasteiger partial charge on any atom is -0.493 e. The van der Waals surface area contributed by atoms with E-state index in [1.807, 2.05) is 6.92 Å². The number of benzene rings is 1. The van der Waals surface area contributed by atoms with E-state index in [0.29, 0.717) is 24.3 Å². The molecule has 0 heterocycles. The first-order valence-electron chi connectivity index (χ1n) is 6.87. The van der Waals surface area contributed by atoms with Gasteiger partial charge in [0.1, 0.15) is 11.3 Å². The number of rotatable bonds is 7. The van der Waals surface area contributed by atoms with Crippen LogP contribution in [-0.4, -0.2) is 23.7 Å². The largest absolute Gasteiger partial charge is 0.493 e. The SMILES string of the molecule is CCCCOc1ccccc1C(=O)OC(CCC)=NO. The van der Waals surface area contributed by atoms with Gasteiger partial charge in [-0.2, -0.15) is 0 Å². The van der Waals surface area contributed by atoms with Gasteiger partial charge in [0, 0.05) is 6.42 Å². The number of para-hydroxylation sites is 1. The molecule has 110 valence electrons. The standard InChI is InChI=1S/C15H21NO4/c1-3-5-11-19-13-10-7-6-9-12(13)15(17)20-14(16-18)8-4-2/h6-7,9-10,18H,3-5,8,11H2,1-2H3. The number of ether oxygens (including phenoxy) is 2. The second-order valence-corrected chi connectivity index (χ2v) is 4.33. The van der Waals surface area contributed by atoms with E-state index in [9.17, 15) is 4.79 Å². The lowest BCUT2D eigenvalue weighted by Gasteiger charge is -2.10. The molecule has 0 amide bonds. The summed E-state index contributed by atoms with van der Waals surface area (Å²) >= 11 is 0. The van der Waals surface area contributed by atoms with Crippen molar-refractivity contribution in [2.75, 3.05) is 6.61 Å². The Kier molecular flexibility index (Phi) is 7.17. The molecule has 1 aromatic rings. The Morgan fingerprint density at radius 2 is 2.00 bits per heavy atom. The molecule has 0 aliphatic heterocycles. The van der Waals surface area contributed by atoms with E-state index >= 15 is 0 Å². The summed E-state index contributed by atoms with van der Waals surface area (Å²) in [4.78, 5) is 12.0. The highest BCUT2D eigenvalue weighted by atomic mass is 16.6. The maximum absolute atomic E-state index is 12.0. The highest BCUT2D eigenvalue weighted by Gasteiger charge is 2.16. The smallest absolute Gasteiger partial charge is 0.348 e. The lowest BCUT2D eigenvalue weighted by atomic mass is 10.2. The Morgan fingerprint density at radius 1 is 1.25 bits per heavy atom. The van der Waals surface area contributed by atoms with E-state index in [4.69, 9.17) is 14.7 Å². The molecule has 0 radical (unpaired) electrons. The molecule has 1 aromatic carbocycles. The molecule has 0 aliphatic carbocycles. The van der Waals surface area contributed by atoms with Crippen molar-refractivity contribution in [1.82, 2.24) is 0 Å². The molecule has 0 bridgehead atoms. The molecule has 20 heavy (non-hydrogen) atoms. The fourth-order valence-corrected chi connectivity index (χ4v) is 1.58. The Bertz CT molecular complexity index is 457. The maximum atomic E-state index is 12.0. The zero-order valence-electron chi connectivity index (χ0n) is 12.0. The maximum Gasteiger partial charge on any atom is 0.348 e. The van der Waals surface area contributed by atoms with Crippen molar-refractivity contribution in [2.24, 2.45) is 5.16 Å². The Balaban J connectivity index is 2.76. The van der Waals surface area contributed by atoms with Gasteiger partial charge in [0.05, 0.1) is 6.61 Å². The van der Waals surface area contributed by atoms with Gasteiger partial charge in [-0.25, -0.2) is 4.79 Å². The number of hydrogen-bond acceptors (Lipinski definition) is 5. The van der Waals surface area contributed by atoms with Gasteiger partial charge in [-0.15, -0.1) is 0 Å². The van der Waals surface area contributed by atoms with Gasteiger partial charge >= 0.3 is 5.97 Å². The molecule has 0 spiro atoms.